The Balaban J connectivity index is 1.83. The number of aromatic nitrogens is 1. The number of benzene rings is 3. The number of phenolic OH excluding ortho intramolecular Hbond substituents is 1. The van der Waals surface area contributed by atoms with Crippen LogP contribution in [0.4, 0.5) is 8.78 Å². The topological polar surface area (TPSA) is 79.7 Å². The van der Waals surface area contributed by atoms with Crippen LogP contribution in [-0.2, 0) is 4.74 Å². The molecule has 0 unspecified atom stereocenters. The number of rotatable bonds is 4. The van der Waals surface area contributed by atoms with E-state index in [0.717, 1.165) is 12.1 Å². The van der Waals surface area contributed by atoms with E-state index in [1.807, 2.05) is 6.07 Å². The molecule has 5 nitrogen and oxygen atoms in total. The van der Waals surface area contributed by atoms with Crippen LogP contribution in [0.1, 0.15) is 34.8 Å². The van der Waals surface area contributed by atoms with Crippen LogP contribution in [0.15, 0.2) is 60.7 Å². The third-order valence-electron chi connectivity index (χ3n) is 6.26. The number of aromatic hydroxyl groups is 1. The summed E-state index contributed by atoms with van der Waals surface area (Å²) in [6.07, 6.45) is 1.43. The summed E-state index contributed by atoms with van der Waals surface area (Å²) in [5.41, 5.74) is 3.10. The number of nitrogens with zero attached hydrogens (tertiary/aromatic N) is 1. The lowest BCUT2D eigenvalue weighted by Crippen LogP contribution is -2.16. The molecule has 2 heterocycles. The minimum absolute atomic E-state index is 0.00956. The minimum Gasteiger partial charge on any atom is -0.507 e. The van der Waals surface area contributed by atoms with Gasteiger partial charge in [-0.2, -0.15) is 0 Å². The molecule has 0 atom stereocenters. The molecule has 5 rings (SSSR count). The monoisotopic (exact) mass is 461 g/mol. The van der Waals surface area contributed by atoms with Crippen LogP contribution in [0.3, 0.4) is 0 Å². The summed E-state index contributed by atoms with van der Waals surface area (Å²) >= 11 is 0. The second-order valence-electron chi connectivity index (χ2n) is 8.32. The quantitative estimate of drug-likeness (QED) is 0.381. The molecule has 1 aliphatic rings. The van der Waals surface area contributed by atoms with Crippen molar-refractivity contribution in [2.45, 2.75) is 18.8 Å². The molecule has 1 aliphatic heterocycles. The van der Waals surface area contributed by atoms with E-state index in [9.17, 15) is 23.8 Å². The number of aromatic carboxylic acids is 1. The Kier molecular flexibility index (Phi) is 5.71. The van der Waals surface area contributed by atoms with E-state index in [-0.39, 0.29) is 17.2 Å². The molecule has 0 aliphatic carbocycles. The van der Waals surface area contributed by atoms with Gasteiger partial charge in [-0.3, -0.25) is 4.98 Å². The number of ether oxygens (including phenoxy) is 1. The average molecular weight is 461 g/mol. The number of carbonyl (C=O) groups is 1. The zero-order valence-corrected chi connectivity index (χ0v) is 18.1. The van der Waals surface area contributed by atoms with Gasteiger partial charge in [-0.15, -0.1) is 0 Å². The van der Waals surface area contributed by atoms with Gasteiger partial charge in [-0.25, -0.2) is 13.6 Å². The summed E-state index contributed by atoms with van der Waals surface area (Å²) in [4.78, 5) is 16.3. The molecule has 1 aromatic heterocycles. The van der Waals surface area contributed by atoms with Crippen LogP contribution >= 0.6 is 0 Å². The van der Waals surface area contributed by atoms with Gasteiger partial charge in [0.1, 0.15) is 5.75 Å². The van der Waals surface area contributed by atoms with Gasteiger partial charge in [0.05, 0.1) is 22.3 Å². The number of hydrogen-bond donors (Lipinski definition) is 2. The van der Waals surface area contributed by atoms with Gasteiger partial charge in [0.15, 0.2) is 11.6 Å². The van der Waals surface area contributed by atoms with Gasteiger partial charge in [0, 0.05) is 30.3 Å². The molecule has 172 valence electrons. The first kappa shape index (κ1) is 22.0. The highest BCUT2D eigenvalue weighted by Crippen LogP contribution is 2.44. The van der Waals surface area contributed by atoms with E-state index in [2.05, 4.69) is 0 Å². The van der Waals surface area contributed by atoms with Crippen molar-refractivity contribution in [2.24, 2.45) is 0 Å². The van der Waals surface area contributed by atoms with E-state index in [4.69, 9.17) is 9.72 Å². The van der Waals surface area contributed by atoms with Gasteiger partial charge in [0.2, 0.25) is 0 Å². The van der Waals surface area contributed by atoms with Crippen LogP contribution in [0.2, 0.25) is 0 Å². The maximum Gasteiger partial charge on any atom is 0.335 e. The van der Waals surface area contributed by atoms with E-state index < -0.39 is 17.6 Å². The largest absolute Gasteiger partial charge is 0.507 e. The Morgan fingerprint density at radius 1 is 0.941 bits per heavy atom. The van der Waals surface area contributed by atoms with Crippen LogP contribution in [0.5, 0.6) is 5.75 Å². The predicted molar refractivity (Wildman–Crippen MR) is 124 cm³/mol. The molecule has 0 bridgehead atoms. The lowest BCUT2D eigenvalue weighted by Gasteiger charge is -2.26. The molecular formula is C27H21F2NO4. The first-order chi connectivity index (χ1) is 16.4. The van der Waals surface area contributed by atoms with Gasteiger partial charge in [-0.1, -0.05) is 30.3 Å². The third kappa shape index (κ3) is 3.88. The van der Waals surface area contributed by atoms with Crippen molar-refractivity contribution in [3.05, 3.63) is 83.6 Å². The first-order valence-electron chi connectivity index (χ1n) is 11.0. The number of fused-ring (bicyclic) bond motifs is 1. The average Bonchev–Trinajstić information content (AvgIpc) is 2.85. The van der Waals surface area contributed by atoms with E-state index in [1.54, 1.807) is 24.3 Å². The highest BCUT2D eigenvalue weighted by atomic mass is 19.2. The standard InChI is InChI=1S/C27H21F2NO4/c28-20-9-8-18(14-21(20)29)23-19-2-1-3-22(31)24(19)26(15-4-6-17(7-5-15)27(32)33)30-25(23)16-10-12-34-13-11-16/h1-9,14,16,31H,10-13H2,(H,32,33). The van der Waals surface area contributed by atoms with E-state index in [0.29, 0.717) is 64.9 Å². The van der Waals surface area contributed by atoms with Crippen molar-refractivity contribution in [1.29, 1.82) is 0 Å². The molecule has 0 spiro atoms. The van der Waals surface area contributed by atoms with Gasteiger partial charge >= 0.3 is 5.97 Å². The molecule has 0 saturated carbocycles. The molecule has 3 aromatic carbocycles. The summed E-state index contributed by atoms with van der Waals surface area (Å²) in [5, 5.41) is 21.2. The van der Waals surface area contributed by atoms with Crippen molar-refractivity contribution in [1.82, 2.24) is 4.98 Å². The van der Waals surface area contributed by atoms with Crippen molar-refractivity contribution in [3.63, 3.8) is 0 Å². The van der Waals surface area contributed by atoms with E-state index in [1.165, 1.54) is 18.2 Å². The number of halogens is 2. The maximum atomic E-state index is 14.3. The van der Waals surface area contributed by atoms with Crippen molar-refractivity contribution in [2.75, 3.05) is 13.2 Å². The number of carboxylic acids is 1. The highest BCUT2D eigenvalue weighted by Gasteiger charge is 2.26. The molecule has 4 aromatic rings. The fraction of sp³-hybridized carbons (Fsp3) is 0.185. The zero-order chi connectivity index (χ0) is 23.8. The number of carboxylic acid groups (broad SMARTS) is 1. The second-order valence-corrected chi connectivity index (χ2v) is 8.32. The molecule has 34 heavy (non-hydrogen) atoms. The van der Waals surface area contributed by atoms with Gasteiger partial charge < -0.3 is 14.9 Å². The van der Waals surface area contributed by atoms with E-state index >= 15 is 0 Å². The van der Waals surface area contributed by atoms with Crippen LogP contribution in [-0.4, -0.2) is 34.4 Å². The normalized spacial score (nSPS) is 14.4. The Hall–Kier alpha value is -3.84. The summed E-state index contributed by atoms with van der Waals surface area (Å²) in [6, 6.07) is 15.1. The Morgan fingerprint density at radius 3 is 2.32 bits per heavy atom. The van der Waals surface area contributed by atoms with Gasteiger partial charge in [0.25, 0.3) is 0 Å². The molecular weight excluding hydrogens is 440 g/mol. The lowest BCUT2D eigenvalue weighted by atomic mass is 9.86. The Morgan fingerprint density at radius 2 is 1.65 bits per heavy atom. The summed E-state index contributed by atoms with van der Waals surface area (Å²) in [6.45, 7) is 1.12. The molecule has 1 saturated heterocycles. The maximum absolute atomic E-state index is 14.3. The smallest absolute Gasteiger partial charge is 0.335 e. The third-order valence-corrected chi connectivity index (χ3v) is 6.26. The van der Waals surface area contributed by atoms with Crippen molar-refractivity contribution < 1.29 is 28.5 Å². The van der Waals surface area contributed by atoms with Gasteiger partial charge in [-0.05, 0) is 54.1 Å². The molecule has 1 fully saturated rings. The summed E-state index contributed by atoms with van der Waals surface area (Å²) < 4.78 is 33.5. The second kappa shape index (κ2) is 8.83. The number of phenols is 1. The zero-order valence-electron chi connectivity index (χ0n) is 18.1. The van der Waals surface area contributed by atoms with Crippen LogP contribution < -0.4 is 0 Å². The number of pyridine rings is 1. The first-order valence-corrected chi connectivity index (χ1v) is 11.0. The predicted octanol–water partition coefficient (Wildman–Crippen LogP) is 6.14. The number of hydrogen-bond acceptors (Lipinski definition) is 4. The minimum atomic E-state index is -1.04. The molecule has 7 heteroatoms. The molecule has 2 N–H and O–H groups in total. The summed E-state index contributed by atoms with van der Waals surface area (Å²) in [7, 11) is 0. The van der Waals surface area contributed by atoms with Crippen molar-refractivity contribution >= 4 is 16.7 Å². The van der Waals surface area contributed by atoms with Crippen molar-refractivity contribution in [3.8, 4) is 28.1 Å². The highest BCUT2D eigenvalue weighted by molar-refractivity contribution is 6.07. The van der Waals surface area contributed by atoms with Crippen LogP contribution in [0.25, 0.3) is 33.2 Å². The SMILES string of the molecule is O=C(O)c1ccc(-c2nc(C3CCOCC3)c(-c3ccc(F)c(F)c3)c3cccc(O)c23)cc1. The molecule has 0 radical (unpaired) electrons. The molecule has 0 amide bonds. The Labute approximate surface area is 194 Å². The Bertz CT molecular complexity index is 1400. The van der Waals surface area contributed by atoms with Crippen LogP contribution in [0, 0.1) is 11.6 Å². The fourth-order valence-electron chi connectivity index (χ4n) is 4.57. The lowest BCUT2D eigenvalue weighted by molar-refractivity contribution is 0.0697. The summed E-state index contributed by atoms with van der Waals surface area (Å²) in [5.74, 6) is -2.93. The fourth-order valence-corrected chi connectivity index (χ4v) is 4.57.